The second-order valence-electron chi connectivity index (χ2n) is 6.73. The third-order valence-corrected chi connectivity index (χ3v) is 5.84. The molecule has 7 heteroatoms. The second-order valence-corrected chi connectivity index (χ2v) is 7.71. The molecule has 1 aromatic heterocycles. The van der Waals surface area contributed by atoms with Crippen molar-refractivity contribution in [3.63, 3.8) is 0 Å². The minimum absolute atomic E-state index is 0.0284. The van der Waals surface area contributed by atoms with Gasteiger partial charge in [-0.05, 0) is 30.1 Å². The molecule has 0 saturated carbocycles. The normalized spacial score (nSPS) is 17.2. The number of fused-ring (bicyclic) bond motifs is 2. The molecule has 26 heavy (non-hydrogen) atoms. The number of benzene rings is 1. The van der Waals surface area contributed by atoms with Crippen LogP contribution in [0.2, 0.25) is 0 Å². The standard InChI is InChI=1S/C19H22N4O2S/c1-26-9-7-17(23-10-13-4-2-3-5-14(13)18(23)24)19(25)22-8-6-15-16(11-22)21-12-20-15/h2-5,12,17H,6-11H2,1H3,(H,20,21)/t17-/m0/s1. The predicted molar refractivity (Wildman–Crippen MR) is 101 cm³/mol. The summed E-state index contributed by atoms with van der Waals surface area (Å²) >= 11 is 1.70. The van der Waals surface area contributed by atoms with Gasteiger partial charge in [-0.2, -0.15) is 11.8 Å². The van der Waals surface area contributed by atoms with Gasteiger partial charge in [0.25, 0.3) is 5.91 Å². The van der Waals surface area contributed by atoms with E-state index >= 15 is 0 Å². The van der Waals surface area contributed by atoms with Crippen molar-refractivity contribution in [1.29, 1.82) is 0 Å². The van der Waals surface area contributed by atoms with Crippen molar-refractivity contribution in [1.82, 2.24) is 19.8 Å². The van der Waals surface area contributed by atoms with Crippen LogP contribution in [0, 0.1) is 0 Å². The molecule has 2 aliphatic rings. The number of nitrogens with one attached hydrogen (secondary N) is 1. The molecular formula is C19H22N4O2S. The highest BCUT2D eigenvalue weighted by Crippen LogP contribution is 2.27. The zero-order valence-electron chi connectivity index (χ0n) is 14.8. The molecule has 136 valence electrons. The molecule has 0 spiro atoms. The Hall–Kier alpha value is -2.28. The molecule has 4 rings (SSSR count). The topological polar surface area (TPSA) is 69.3 Å². The molecule has 0 radical (unpaired) electrons. The van der Waals surface area contributed by atoms with Gasteiger partial charge in [0.1, 0.15) is 6.04 Å². The minimum Gasteiger partial charge on any atom is -0.347 e. The van der Waals surface area contributed by atoms with E-state index < -0.39 is 6.04 Å². The molecule has 1 atom stereocenters. The zero-order chi connectivity index (χ0) is 18.1. The molecule has 2 aliphatic heterocycles. The lowest BCUT2D eigenvalue weighted by Gasteiger charge is -2.34. The summed E-state index contributed by atoms with van der Waals surface area (Å²) in [5.74, 6) is 0.861. The summed E-state index contributed by atoms with van der Waals surface area (Å²) in [6.45, 7) is 1.71. The van der Waals surface area contributed by atoms with Crippen LogP contribution in [-0.2, 0) is 24.3 Å². The molecular weight excluding hydrogens is 348 g/mol. The molecule has 0 unspecified atom stereocenters. The Morgan fingerprint density at radius 1 is 1.35 bits per heavy atom. The smallest absolute Gasteiger partial charge is 0.255 e. The lowest BCUT2D eigenvalue weighted by atomic mass is 10.1. The fourth-order valence-corrected chi connectivity index (χ4v) is 4.24. The van der Waals surface area contributed by atoms with Crippen LogP contribution in [0.5, 0.6) is 0 Å². The fourth-order valence-electron chi connectivity index (χ4n) is 3.78. The molecule has 0 aliphatic carbocycles. The quantitative estimate of drug-likeness (QED) is 0.875. The minimum atomic E-state index is -0.410. The average molecular weight is 370 g/mol. The zero-order valence-corrected chi connectivity index (χ0v) is 15.6. The lowest BCUT2D eigenvalue weighted by molar-refractivity contribution is -0.137. The van der Waals surface area contributed by atoms with Crippen molar-refractivity contribution in [2.45, 2.75) is 32.0 Å². The first-order valence-corrected chi connectivity index (χ1v) is 10.3. The number of amides is 2. The van der Waals surface area contributed by atoms with Gasteiger partial charge < -0.3 is 14.8 Å². The van der Waals surface area contributed by atoms with Crippen LogP contribution in [0.4, 0.5) is 0 Å². The van der Waals surface area contributed by atoms with E-state index in [1.165, 1.54) is 0 Å². The predicted octanol–water partition coefficient (Wildman–Crippen LogP) is 2.07. The summed E-state index contributed by atoms with van der Waals surface area (Å²) in [5, 5.41) is 0. The fraction of sp³-hybridized carbons (Fsp3) is 0.421. The van der Waals surface area contributed by atoms with E-state index in [9.17, 15) is 9.59 Å². The number of thioether (sulfide) groups is 1. The molecule has 0 bridgehead atoms. The Labute approximate surface area is 157 Å². The van der Waals surface area contributed by atoms with Gasteiger partial charge in [0, 0.05) is 25.1 Å². The first kappa shape index (κ1) is 17.1. The van der Waals surface area contributed by atoms with Crippen molar-refractivity contribution in [2.75, 3.05) is 18.6 Å². The third kappa shape index (κ3) is 3.00. The Morgan fingerprint density at radius 3 is 3.00 bits per heavy atom. The Morgan fingerprint density at radius 2 is 2.19 bits per heavy atom. The summed E-state index contributed by atoms with van der Waals surface area (Å²) in [4.78, 5) is 37.2. The van der Waals surface area contributed by atoms with Gasteiger partial charge in [-0.15, -0.1) is 0 Å². The van der Waals surface area contributed by atoms with Crippen molar-refractivity contribution < 1.29 is 9.59 Å². The van der Waals surface area contributed by atoms with E-state index in [1.54, 1.807) is 23.0 Å². The number of carbonyl (C=O) groups excluding carboxylic acids is 2. The number of hydrogen-bond donors (Lipinski definition) is 1. The monoisotopic (exact) mass is 370 g/mol. The number of carbonyl (C=O) groups is 2. The van der Waals surface area contributed by atoms with E-state index in [0.717, 1.165) is 34.7 Å². The molecule has 3 heterocycles. The summed E-state index contributed by atoms with van der Waals surface area (Å²) in [6, 6.07) is 7.24. The van der Waals surface area contributed by atoms with Crippen LogP contribution in [-0.4, -0.2) is 56.2 Å². The summed E-state index contributed by atoms with van der Waals surface area (Å²) in [7, 11) is 0. The third-order valence-electron chi connectivity index (χ3n) is 5.19. The van der Waals surface area contributed by atoms with E-state index in [4.69, 9.17) is 0 Å². The van der Waals surface area contributed by atoms with Crippen molar-refractivity contribution in [2.24, 2.45) is 0 Å². The maximum Gasteiger partial charge on any atom is 0.255 e. The van der Waals surface area contributed by atoms with Crippen LogP contribution in [0.15, 0.2) is 30.6 Å². The molecule has 2 aromatic rings. The van der Waals surface area contributed by atoms with Gasteiger partial charge in [-0.1, -0.05) is 18.2 Å². The number of aromatic nitrogens is 2. The van der Waals surface area contributed by atoms with Crippen molar-refractivity contribution in [3.8, 4) is 0 Å². The average Bonchev–Trinajstić information content (AvgIpc) is 3.26. The van der Waals surface area contributed by atoms with Crippen molar-refractivity contribution in [3.05, 3.63) is 53.1 Å². The Balaban J connectivity index is 1.56. The van der Waals surface area contributed by atoms with Crippen LogP contribution in [0.25, 0.3) is 0 Å². The summed E-state index contributed by atoms with van der Waals surface area (Å²) < 4.78 is 0. The number of imidazole rings is 1. The van der Waals surface area contributed by atoms with Crippen LogP contribution in [0.3, 0.4) is 0 Å². The maximum atomic E-state index is 13.3. The van der Waals surface area contributed by atoms with Crippen molar-refractivity contribution >= 4 is 23.6 Å². The Bertz CT molecular complexity index is 834. The van der Waals surface area contributed by atoms with Crippen LogP contribution in [0.1, 0.15) is 33.7 Å². The Kier molecular flexibility index (Phi) is 4.72. The molecule has 0 fully saturated rings. The largest absolute Gasteiger partial charge is 0.347 e. The first-order valence-electron chi connectivity index (χ1n) is 8.86. The van der Waals surface area contributed by atoms with Crippen LogP contribution < -0.4 is 0 Å². The molecule has 2 amide bonds. The number of hydrogen-bond acceptors (Lipinski definition) is 4. The number of aromatic amines is 1. The first-order chi connectivity index (χ1) is 12.7. The van der Waals surface area contributed by atoms with E-state index in [-0.39, 0.29) is 11.8 Å². The summed E-state index contributed by atoms with van der Waals surface area (Å²) in [6.07, 6.45) is 5.14. The van der Waals surface area contributed by atoms with E-state index in [1.807, 2.05) is 35.4 Å². The molecule has 1 aromatic carbocycles. The summed E-state index contributed by atoms with van der Waals surface area (Å²) in [5.41, 5.74) is 3.78. The van der Waals surface area contributed by atoms with Gasteiger partial charge in [0.2, 0.25) is 5.91 Å². The van der Waals surface area contributed by atoms with Gasteiger partial charge >= 0.3 is 0 Å². The van der Waals surface area contributed by atoms with Gasteiger partial charge in [0.15, 0.2) is 0 Å². The van der Waals surface area contributed by atoms with Gasteiger partial charge in [-0.25, -0.2) is 4.98 Å². The van der Waals surface area contributed by atoms with Gasteiger partial charge in [-0.3, -0.25) is 9.59 Å². The SMILES string of the molecule is CSCC[C@@H](C(=O)N1CCc2nc[nH]c2C1)N1Cc2ccccc2C1=O. The number of H-pyrrole nitrogens is 1. The lowest BCUT2D eigenvalue weighted by Crippen LogP contribution is -2.50. The van der Waals surface area contributed by atoms with E-state index in [2.05, 4.69) is 9.97 Å². The second kappa shape index (κ2) is 7.15. The molecule has 0 saturated heterocycles. The van der Waals surface area contributed by atoms with Gasteiger partial charge in [0.05, 0.1) is 24.3 Å². The maximum absolute atomic E-state index is 13.3. The highest BCUT2D eigenvalue weighted by molar-refractivity contribution is 7.98. The highest BCUT2D eigenvalue weighted by atomic mass is 32.2. The molecule has 6 nitrogen and oxygen atoms in total. The number of nitrogens with zero attached hydrogens (tertiary/aromatic N) is 3. The van der Waals surface area contributed by atoms with Crippen LogP contribution >= 0.6 is 11.8 Å². The van der Waals surface area contributed by atoms with E-state index in [0.29, 0.717) is 26.1 Å². The molecule has 1 N–H and O–H groups in total. The number of rotatable bonds is 5. The highest BCUT2D eigenvalue weighted by Gasteiger charge is 2.38.